The molecule has 6 aliphatic rings. The Bertz CT molecular complexity index is 1880. The van der Waals surface area contributed by atoms with Gasteiger partial charge in [0.25, 0.3) is 11.8 Å². The molecule has 0 radical (unpaired) electrons. The number of aryl methyl sites for hydroxylation is 2. The van der Waals surface area contributed by atoms with Crippen molar-refractivity contribution in [2.75, 3.05) is 51.3 Å². The monoisotopic (exact) mass is 661 g/mol. The van der Waals surface area contributed by atoms with Crippen molar-refractivity contribution in [1.29, 1.82) is 0 Å². The number of ether oxygens (including phenoxy) is 1. The average Bonchev–Trinajstić information content (AvgIpc) is 3.39. The molecular weight excluding hydrogens is 619 g/mol. The zero-order valence-corrected chi connectivity index (χ0v) is 28.2. The van der Waals surface area contributed by atoms with Crippen molar-refractivity contribution >= 4 is 36.3 Å². The molecule has 0 bridgehead atoms. The van der Waals surface area contributed by atoms with Crippen LogP contribution in [0.5, 0.6) is 11.5 Å². The molecule has 6 aliphatic heterocycles. The first-order valence-corrected chi connectivity index (χ1v) is 18.8. The number of carbonyl (C=O) groups is 3. The van der Waals surface area contributed by atoms with Crippen LogP contribution < -0.4 is 24.8 Å². The van der Waals surface area contributed by atoms with Crippen molar-refractivity contribution in [3.8, 4) is 11.5 Å². The summed E-state index contributed by atoms with van der Waals surface area (Å²) >= 11 is 0. The zero-order valence-electron chi connectivity index (χ0n) is 27.3. The van der Waals surface area contributed by atoms with Crippen LogP contribution >= 0.6 is 7.52 Å². The number of benzene rings is 2. The highest BCUT2D eigenvalue weighted by molar-refractivity contribution is 7.67. The van der Waals surface area contributed by atoms with Crippen molar-refractivity contribution in [3.63, 3.8) is 0 Å². The lowest BCUT2D eigenvalue weighted by Crippen LogP contribution is -2.45. The number of anilines is 1. The molecule has 6 heterocycles. The van der Waals surface area contributed by atoms with Gasteiger partial charge in [-0.05, 0) is 70.2 Å². The van der Waals surface area contributed by atoms with E-state index in [4.69, 9.17) is 14.1 Å². The molecule has 2 aromatic rings. The Morgan fingerprint density at radius 2 is 1.64 bits per heavy atom. The summed E-state index contributed by atoms with van der Waals surface area (Å²) in [6.07, 6.45) is 7.77. The van der Waals surface area contributed by atoms with E-state index in [-0.39, 0.29) is 32.4 Å². The molecule has 2 aromatic carbocycles. The van der Waals surface area contributed by atoms with Gasteiger partial charge in [-0.2, -0.15) is 0 Å². The summed E-state index contributed by atoms with van der Waals surface area (Å²) in [4.78, 5) is 44.5. The van der Waals surface area contributed by atoms with Crippen LogP contribution in [0.1, 0.15) is 79.7 Å². The van der Waals surface area contributed by atoms with Gasteiger partial charge in [0.05, 0.1) is 23.9 Å². The van der Waals surface area contributed by atoms with Crippen molar-refractivity contribution in [2.45, 2.75) is 77.6 Å². The molecule has 11 nitrogen and oxygen atoms in total. The van der Waals surface area contributed by atoms with Crippen molar-refractivity contribution < 1.29 is 33.0 Å². The molecule has 0 N–H and O–H groups in total. The second-order valence-electron chi connectivity index (χ2n) is 13.4. The van der Waals surface area contributed by atoms with Crippen LogP contribution in [0.15, 0.2) is 12.1 Å². The van der Waals surface area contributed by atoms with Gasteiger partial charge in [0.1, 0.15) is 24.6 Å². The number of carbonyl (C=O) groups excluding carboxylic acids is 3. The molecular formula is C35H42N4O7P+. The number of hydrogen-bond donors (Lipinski definition) is 0. The Hall–Kier alpha value is -3.53. The standard InChI is InChI=1S/C35H42N4O7P/c1-3-44-47(43,36(2)19-14-30(42)46-39-28(40)12-13-29(39)41)35-26-20-22-8-4-15-37-17-6-10-24(31(22)37)33(26)45-34-25-11-7-18-38-16-5-9-23(32(25)38)21-27(34)35/h20-21H,3-19H2,1-2H3/q+1. The lowest BCUT2D eigenvalue weighted by molar-refractivity contribution is -0.197. The van der Waals surface area contributed by atoms with Crippen molar-refractivity contribution in [1.82, 2.24) is 14.3 Å². The fraction of sp³-hybridized carbons (Fsp3) is 0.543. The van der Waals surface area contributed by atoms with Crippen LogP contribution in [-0.4, -0.2) is 73.9 Å². The van der Waals surface area contributed by atoms with Gasteiger partial charge >= 0.3 is 13.5 Å². The molecule has 47 heavy (non-hydrogen) atoms. The molecule has 1 fully saturated rings. The molecule has 0 aromatic heterocycles. The molecule has 0 spiro atoms. The SMILES string of the molecule is CCOP(=O)(C1=c2cc3c4c(c2Oc2c1cc1c5c2CCCN5CCC1)CCC[N+]=4CCC3)N(C)CCC(=O)ON1C(=O)CCC1=O. The fourth-order valence-corrected chi connectivity index (χ4v) is 10.8. The predicted molar refractivity (Wildman–Crippen MR) is 175 cm³/mol. The molecule has 2 amide bonds. The maximum absolute atomic E-state index is 15.7. The molecule has 1 unspecified atom stereocenters. The van der Waals surface area contributed by atoms with Crippen LogP contribution in [0.3, 0.4) is 0 Å². The number of hydrogen-bond acceptors (Lipinski definition) is 8. The highest BCUT2D eigenvalue weighted by Gasteiger charge is 2.43. The maximum Gasteiger partial charge on any atom is 0.334 e. The molecule has 8 rings (SSSR count). The fourth-order valence-electron chi connectivity index (χ4n) is 8.50. The van der Waals surface area contributed by atoms with E-state index in [2.05, 4.69) is 21.6 Å². The van der Waals surface area contributed by atoms with Crippen LogP contribution in [0.2, 0.25) is 0 Å². The number of rotatable bonds is 8. The predicted octanol–water partition coefficient (Wildman–Crippen LogP) is 3.19. The zero-order chi connectivity index (χ0) is 32.4. The smallest absolute Gasteiger partial charge is 0.334 e. The van der Waals surface area contributed by atoms with Gasteiger partial charge in [-0.3, -0.25) is 14.2 Å². The first-order chi connectivity index (χ1) is 22.8. The van der Waals surface area contributed by atoms with Crippen LogP contribution in [0, 0.1) is 0 Å². The van der Waals surface area contributed by atoms with Crippen LogP contribution in [-0.2, 0) is 54.0 Å². The summed E-state index contributed by atoms with van der Waals surface area (Å²) in [5.74, 6) is -0.209. The minimum absolute atomic E-state index is 0.0255. The maximum atomic E-state index is 15.7. The second kappa shape index (κ2) is 11.9. The molecule has 1 atom stereocenters. The number of nitrogens with zero attached hydrogens (tertiary/aromatic N) is 4. The summed E-state index contributed by atoms with van der Waals surface area (Å²) in [6, 6.07) is 4.39. The Morgan fingerprint density at radius 1 is 0.936 bits per heavy atom. The van der Waals surface area contributed by atoms with Crippen molar-refractivity contribution in [2.24, 2.45) is 0 Å². The van der Waals surface area contributed by atoms with Gasteiger partial charge in [-0.15, -0.1) is 5.06 Å². The minimum Gasteiger partial charge on any atom is -0.455 e. The summed E-state index contributed by atoms with van der Waals surface area (Å²) in [5, 5.41) is 3.30. The van der Waals surface area contributed by atoms with Gasteiger partial charge in [0, 0.05) is 72.9 Å². The lowest BCUT2D eigenvalue weighted by atomic mass is 9.87. The van der Waals surface area contributed by atoms with E-state index in [1.54, 1.807) is 11.7 Å². The molecule has 0 saturated carbocycles. The first-order valence-electron chi connectivity index (χ1n) is 17.2. The Labute approximate surface area is 274 Å². The van der Waals surface area contributed by atoms with E-state index in [9.17, 15) is 14.4 Å². The summed E-state index contributed by atoms with van der Waals surface area (Å²) in [7, 11) is -2.09. The Morgan fingerprint density at radius 3 is 2.40 bits per heavy atom. The highest BCUT2D eigenvalue weighted by atomic mass is 31.2. The third-order valence-electron chi connectivity index (χ3n) is 10.5. The molecule has 248 valence electrons. The van der Waals surface area contributed by atoms with Crippen molar-refractivity contribution in [3.05, 3.63) is 50.5 Å². The highest BCUT2D eigenvalue weighted by Crippen LogP contribution is 2.64. The first kappa shape index (κ1) is 30.8. The summed E-state index contributed by atoms with van der Waals surface area (Å²) < 4.78 is 33.2. The van der Waals surface area contributed by atoms with E-state index in [1.165, 1.54) is 33.3 Å². The number of imide groups is 1. The van der Waals surface area contributed by atoms with Gasteiger partial charge in [-0.25, -0.2) is 14.0 Å². The van der Waals surface area contributed by atoms with Crippen LogP contribution in [0.25, 0.3) is 5.31 Å². The third-order valence-corrected chi connectivity index (χ3v) is 13.3. The Balaban J connectivity index is 1.29. The van der Waals surface area contributed by atoms with E-state index >= 15 is 4.57 Å². The number of fused-ring (bicyclic) bond motifs is 4. The largest absolute Gasteiger partial charge is 0.455 e. The number of amides is 2. The van der Waals surface area contributed by atoms with E-state index in [0.29, 0.717) is 10.4 Å². The topological polar surface area (TPSA) is 109 Å². The van der Waals surface area contributed by atoms with Gasteiger partial charge in [0.2, 0.25) is 5.36 Å². The van der Waals surface area contributed by atoms with Gasteiger partial charge < -0.3 is 19.0 Å². The number of hydroxylamine groups is 2. The quantitative estimate of drug-likeness (QED) is 0.240. The summed E-state index contributed by atoms with van der Waals surface area (Å²) in [5.41, 5.74) is 7.01. The average molecular weight is 662 g/mol. The lowest BCUT2D eigenvalue weighted by Gasteiger charge is -2.40. The normalized spacial score (nSPS) is 20.7. The van der Waals surface area contributed by atoms with E-state index < -0.39 is 25.3 Å². The molecule has 0 aliphatic carbocycles. The van der Waals surface area contributed by atoms with Gasteiger partial charge in [0.15, 0.2) is 0 Å². The minimum atomic E-state index is -3.81. The summed E-state index contributed by atoms with van der Waals surface area (Å²) in [6.45, 7) is 6.21. The van der Waals surface area contributed by atoms with E-state index in [1.807, 2.05) is 6.92 Å². The van der Waals surface area contributed by atoms with E-state index in [0.717, 1.165) is 99.8 Å². The molecule has 12 heteroatoms. The third kappa shape index (κ3) is 4.96. The Kier molecular flexibility index (Phi) is 7.77. The second-order valence-corrected chi connectivity index (χ2v) is 15.9. The van der Waals surface area contributed by atoms with Gasteiger partial charge in [-0.1, -0.05) is 0 Å². The molecule has 1 saturated heterocycles. The van der Waals surface area contributed by atoms with Crippen LogP contribution in [0.4, 0.5) is 5.69 Å².